The molecule has 146 valence electrons. The van der Waals surface area contributed by atoms with Crippen LogP contribution in [0.3, 0.4) is 0 Å². The molecule has 0 fully saturated rings. The van der Waals surface area contributed by atoms with Crippen molar-refractivity contribution < 1.29 is 17.9 Å². The first kappa shape index (κ1) is 21.2. The quantitative estimate of drug-likeness (QED) is 0.759. The van der Waals surface area contributed by atoms with E-state index in [1.165, 1.54) is 42.7 Å². The van der Waals surface area contributed by atoms with E-state index in [-0.39, 0.29) is 23.4 Å². The van der Waals surface area contributed by atoms with Crippen molar-refractivity contribution >= 4 is 27.5 Å². The van der Waals surface area contributed by atoms with Gasteiger partial charge in [-0.25, -0.2) is 8.42 Å². The average Bonchev–Trinajstić information content (AvgIpc) is 2.61. The molecule has 0 unspecified atom stereocenters. The number of ether oxygens (including phenoxy) is 1. The lowest BCUT2D eigenvalue weighted by atomic mass is 10.1. The van der Waals surface area contributed by atoms with Crippen molar-refractivity contribution in [2.45, 2.75) is 31.3 Å². The van der Waals surface area contributed by atoms with Crippen LogP contribution >= 0.6 is 11.6 Å². The minimum atomic E-state index is -3.71. The van der Waals surface area contributed by atoms with Crippen molar-refractivity contribution in [1.29, 1.82) is 0 Å². The Labute approximate surface area is 165 Å². The van der Waals surface area contributed by atoms with Gasteiger partial charge in [0, 0.05) is 35.8 Å². The molecule has 2 aromatic carbocycles. The zero-order valence-corrected chi connectivity index (χ0v) is 17.3. The summed E-state index contributed by atoms with van der Waals surface area (Å²) in [7, 11) is -0.736. The van der Waals surface area contributed by atoms with Gasteiger partial charge in [-0.15, -0.1) is 0 Å². The first-order chi connectivity index (χ1) is 12.6. The lowest BCUT2D eigenvalue weighted by Gasteiger charge is -2.19. The molecule has 0 aliphatic heterocycles. The smallest absolute Gasteiger partial charge is 0.251 e. The van der Waals surface area contributed by atoms with Gasteiger partial charge < -0.3 is 10.1 Å². The highest BCUT2D eigenvalue weighted by Gasteiger charge is 2.22. The number of carbonyl (C=O) groups is 1. The van der Waals surface area contributed by atoms with E-state index in [9.17, 15) is 13.2 Å². The molecule has 0 saturated carbocycles. The van der Waals surface area contributed by atoms with E-state index in [1.54, 1.807) is 18.2 Å². The van der Waals surface area contributed by atoms with Crippen LogP contribution in [0.15, 0.2) is 47.4 Å². The summed E-state index contributed by atoms with van der Waals surface area (Å²) in [6.07, 6.45) is 0. The highest BCUT2D eigenvalue weighted by Crippen LogP contribution is 2.25. The fourth-order valence-electron chi connectivity index (χ4n) is 2.50. The first-order valence-electron chi connectivity index (χ1n) is 8.35. The predicted octanol–water partition coefficient (Wildman–Crippen LogP) is 3.31. The molecule has 27 heavy (non-hydrogen) atoms. The van der Waals surface area contributed by atoms with Crippen LogP contribution < -0.4 is 10.1 Å². The molecule has 0 aromatic heterocycles. The van der Waals surface area contributed by atoms with Crippen LogP contribution in [-0.2, 0) is 16.6 Å². The number of sulfonamides is 1. The normalized spacial score (nSPS) is 11.7. The van der Waals surface area contributed by atoms with Crippen molar-refractivity contribution in [2.75, 3.05) is 14.2 Å². The number of nitrogens with zero attached hydrogens (tertiary/aromatic N) is 1. The van der Waals surface area contributed by atoms with Gasteiger partial charge in [0.15, 0.2) is 0 Å². The largest absolute Gasteiger partial charge is 0.496 e. The minimum absolute atomic E-state index is 0.00370. The molecule has 0 aliphatic carbocycles. The van der Waals surface area contributed by atoms with Crippen LogP contribution in [0.4, 0.5) is 0 Å². The van der Waals surface area contributed by atoms with Crippen LogP contribution in [-0.4, -0.2) is 38.8 Å². The Balaban J connectivity index is 2.31. The predicted molar refractivity (Wildman–Crippen MR) is 106 cm³/mol. The van der Waals surface area contributed by atoms with Gasteiger partial charge in [0.25, 0.3) is 5.91 Å². The van der Waals surface area contributed by atoms with Crippen LogP contribution in [0.2, 0.25) is 5.02 Å². The monoisotopic (exact) mass is 410 g/mol. The van der Waals surface area contributed by atoms with Crippen molar-refractivity contribution in [3.05, 3.63) is 58.6 Å². The Hall–Kier alpha value is -2.09. The number of benzene rings is 2. The zero-order valence-electron chi connectivity index (χ0n) is 15.7. The number of carbonyl (C=O) groups excluding carboxylic acids is 1. The Bertz CT molecular complexity index is 912. The van der Waals surface area contributed by atoms with Gasteiger partial charge in [-0.2, -0.15) is 4.31 Å². The van der Waals surface area contributed by atoms with Crippen molar-refractivity contribution in [3.8, 4) is 5.75 Å². The summed E-state index contributed by atoms with van der Waals surface area (Å²) in [6, 6.07) is 10.9. The van der Waals surface area contributed by atoms with Gasteiger partial charge in [0.05, 0.1) is 12.0 Å². The van der Waals surface area contributed by atoms with Crippen LogP contribution in [0.1, 0.15) is 29.8 Å². The molecule has 0 bridgehead atoms. The van der Waals surface area contributed by atoms with Crippen molar-refractivity contribution in [2.24, 2.45) is 0 Å². The first-order valence-corrected chi connectivity index (χ1v) is 10.2. The maximum Gasteiger partial charge on any atom is 0.251 e. The van der Waals surface area contributed by atoms with Crippen molar-refractivity contribution in [3.63, 3.8) is 0 Å². The third-order valence-corrected chi connectivity index (χ3v) is 5.95. The molecule has 0 spiro atoms. The fraction of sp³-hybridized carbons (Fsp3) is 0.316. The topological polar surface area (TPSA) is 75.7 Å². The molecule has 6 nitrogen and oxygen atoms in total. The van der Waals surface area contributed by atoms with Crippen LogP contribution in [0.25, 0.3) is 0 Å². The SMILES string of the molecule is COc1ccc(C(=O)NC(C)C)cc1CN(C)S(=O)(=O)c1ccc(Cl)cc1. The summed E-state index contributed by atoms with van der Waals surface area (Å²) in [5.41, 5.74) is 1.03. The minimum Gasteiger partial charge on any atom is -0.496 e. The number of rotatable bonds is 7. The second-order valence-electron chi connectivity index (χ2n) is 6.37. The summed E-state index contributed by atoms with van der Waals surface area (Å²) in [4.78, 5) is 12.4. The van der Waals surface area contributed by atoms with Crippen LogP contribution in [0.5, 0.6) is 5.75 Å². The molecule has 0 atom stereocenters. The molecular formula is C19H23ClN2O4S. The highest BCUT2D eigenvalue weighted by atomic mass is 35.5. The van der Waals surface area contributed by atoms with Crippen LogP contribution in [0, 0.1) is 0 Å². The molecular weight excluding hydrogens is 388 g/mol. The summed E-state index contributed by atoms with van der Waals surface area (Å²) in [5.74, 6) is 0.284. The fourth-order valence-corrected chi connectivity index (χ4v) is 3.78. The van der Waals surface area contributed by atoms with E-state index in [4.69, 9.17) is 16.3 Å². The molecule has 0 aliphatic rings. The molecule has 0 heterocycles. The number of methoxy groups -OCH3 is 1. The van der Waals surface area contributed by atoms with E-state index in [2.05, 4.69) is 5.32 Å². The lowest BCUT2D eigenvalue weighted by molar-refractivity contribution is 0.0943. The standard InChI is InChI=1S/C19H23ClN2O4S/c1-13(2)21-19(23)14-5-10-18(26-4)15(11-14)12-22(3)27(24,25)17-8-6-16(20)7-9-17/h5-11,13H,12H2,1-4H3,(H,21,23). The summed E-state index contributed by atoms with van der Waals surface area (Å²) >= 11 is 5.83. The Kier molecular flexibility index (Phi) is 6.86. The summed E-state index contributed by atoms with van der Waals surface area (Å²) < 4.78 is 32.1. The molecule has 0 radical (unpaired) electrons. The van der Waals surface area contributed by atoms with Gasteiger partial charge in [0.2, 0.25) is 10.0 Å². The molecule has 1 amide bonds. The van der Waals surface area contributed by atoms with E-state index < -0.39 is 10.0 Å². The van der Waals surface area contributed by atoms with Gasteiger partial charge in [0.1, 0.15) is 5.75 Å². The summed E-state index contributed by atoms with van der Waals surface area (Å²) in [6.45, 7) is 3.79. The highest BCUT2D eigenvalue weighted by molar-refractivity contribution is 7.89. The van der Waals surface area contributed by atoms with E-state index in [0.717, 1.165) is 0 Å². The molecule has 8 heteroatoms. The molecule has 2 aromatic rings. The number of amides is 1. The maximum atomic E-state index is 12.8. The van der Waals surface area contributed by atoms with Gasteiger partial charge in [-0.3, -0.25) is 4.79 Å². The Morgan fingerprint density at radius 3 is 2.37 bits per heavy atom. The Morgan fingerprint density at radius 1 is 1.19 bits per heavy atom. The van der Waals surface area contributed by atoms with Crippen molar-refractivity contribution in [1.82, 2.24) is 9.62 Å². The Morgan fingerprint density at radius 2 is 1.81 bits per heavy atom. The molecule has 2 rings (SSSR count). The molecule has 1 N–H and O–H groups in total. The third-order valence-electron chi connectivity index (χ3n) is 3.88. The lowest BCUT2D eigenvalue weighted by Crippen LogP contribution is -2.30. The van der Waals surface area contributed by atoms with Gasteiger partial charge >= 0.3 is 0 Å². The number of hydrogen-bond acceptors (Lipinski definition) is 4. The van der Waals surface area contributed by atoms with E-state index in [1.807, 2.05) is 13.8 Å². The zero-order chi connectivity index (χ0) is 20.2. The van der Waals surface area contributed by atoms with Gasteiger partial charge in [-0.1, -0.05) is 11.6 Å². The summed E-state index contributed by atoms with van der Waals surface area (Å²) in [5, 5.41) is 3.27. The number of nitrogens with one attached hydrogen (secondary N) is 1. The number of hydrogen-bond donors (Lipinski definition) is 1. The van der Waals surface area contributed by atoms with E-state index >= 15 is 0 Å². The van der Waals surface area contributed by atoms with E-state index in [0.29, 0.717) is 21.9 Å². The second-order valence-corrected chi connectivity index (χ2v) is 8.85. The third kappa shape index (κ3) is 5.22. The molecule has 0 saturated heterocycles. The second kappa shape index (κ2) is 8.73. The number of halogens is 1. The average molecular weight is 411 g/mol. The van der Waals surface area contributed by atoms with Gasteiger partial charge in [-0.05, 0) is 56.3 Å². The maximum absolute atomic E-state index is 12.8.